The van der Waals surface area contributed by atoms with Crippen molar-refractivity contribution in [2.45, 2.75) is 6.54 Å². The average molecular weight is 380 g/mol. The van der Waals surface area contributed by atoms with Gasteiger partial charge in [0.15, 0.2) is 23.4 Å². The number of nitrogens with one attached hydrogen (secondary N) is 3. The standard InChI is InChI=1S/C18H19F3N4O2/c1-22-18(23-9-11-4-3-5-12(8-11)27-2)24-10-15(26)25-14-7-6-13(19)16(20)17(14)21/h3-8H,9-10H2,1-2H3,(H,25,26)(H2,22,23,24). The van der Waals surface area contributed by atoms with Crippen LogP contribution in [0.4, 0.5) is 18.9 Å². The van der Waals surface area contributed by atoms with Gasteiger partial charge in [-0.05, 0) is 29.8 Å². The summed E-state index contributed by atoms with van der Waals surface area (Å²) in [5.74, 6) is -4.03. The Morgan fingerprint density at radius 2 is 1.89 bits per heavy atom. The number of rotatable bonds is 6. The van der Waals surface area contributed by atoms with Crippen molar-refractivity contribution < 1.29 is 22.7 Å². The lowest BCUT2D eigenvalue weighted by Gasteiger charge is -2.13. The third-order valence-electron chi connectivity index (χ3n) is 3.54. The number of anilines is 1. The summed E-state index contributed by atoms with van der Waals surface area (Å²) in [4.78, 5) is 15.9. The van der Waals surface area contributed by atoms with Gasteiger partial charge in [0.05, 0.1) is 19.3 Å². The van der Waals surface area contributed by atoms with Gasteiger partial charge in [-0.1, -0.05) is 12.1 Å². The second-order valence-corrected chi connectivity index (χ2v) is 5.40. The summed E-state index contributed by atoms with van der Waals surface area (Å²) >= 11 is 0. The van der Waals surface area contributed by atoms with Crippen LogP contribution in [0.25, 0.3) is 0 Å². The summed E-state index contributed by atoms with van der Waals surface area (Å²) in [6, 6.07) is 9.08. The lowest BCUT2D eigenvalue weighted by Crippen LogP contribution is -2.41. The van der Waals surface area contributed by atoms with Crippen molar-refractivity contribution in [1.29, 1.82) is 0 Å². The third-order valence-corrected chi connectivity index (χ3v) is 3.54. The van der Waals surface area contributed by atoms with Crippen molar-refractivity contribution in [3.05, 3.63) is 59.4 Å². The van der Waals surface area contributed by atoms with E-state index in [1.165, 1.54) is 7.05 Å². The highest BCUT2D eigenvalue weighted by Gasteiger charge is 2.15. The van der Waals surface area contributed by atoms with Crippen molar-refractivity contribution >= 4 is 17.6 Å². The molecule has 0 saturated heterocycles. The Hall–Kier alpha value is -3.23. The molecule has 6 nitrogen and oxygen atoms in total. The second-order valence-electron chi connectivity index (χ2n) is 5.40. The number of methoxy groups -OCH3 is 1. The van der Waals surface area contributed by atoms with Crippen LogP contribution in [0.15, 0.2) is 41.4 Å². The van der Waals surface area contributed by atoms with Crippen molar-refractivity contribution in [3.63, 3.8) is 0 Å². The van der Waals surface area contributed by atoms with Gasteiger partial charge in [0.1, 0.15) is 5.75 Å². The lowest BCUT2D eigenvalue weighted by molar-refractivity contribution is -0.115. The van der Waals surface area contributed by atoms with E-state index in [2.05, 4.69) is 20.9 Å². The Balaban J connectivity index is 1.86. The highest BCUT2D eigenvalue weighted by Crippen LogP contribution is 2.19. The monoisotopic (exact) mass is 380 g/mol. The fourth-order valence-electron chi connectivity index (χ4n) is 2.17. The van der Waals surface area contributed by atoms with E-state index in [4.69, 9.17) is 4.74 Å². The number of guanidine groups is 1. The number of nitrogens with zero attached hydrogens (tertiary/aromatic N) is 1. The zero-order valence-corrected chi connectivity index (χ0v) is 14.8. The van der Waals surface area contributed by atoms with E-state index >= 15 is 0 Å². The number of ether oxygens (including phenoxy) is 1. The number of benzene rings is 2. The van der Waals surface area contributed by atoms with Gasteiger partial charge in [0.25, 0.3) is 0 Å². The Labute approximate surface area is 154 Å². The van der Waals surface area contributed by atoms with Crippen molar-refractivity contribution in [2.75, 3.05) is 26.0 Å². The van der Waals surface area contributed by atoms with Gasteiger partial charge in [-0.25, -0.2) is 13.2 Å². The normalized spacial score (nSPS) is 11.1. The first-order chi connectivity index (χ1) is 12.9. The number of carbonyl (C=O) groups excluding carboxylic acids is 1. The van der Waals surface area contributed by atoms with E-state index < -0.39 is 29.0 Å². The van der Waals surface area contributed by atoms with E-state index in [1.807, 2.05) is 24.3 Å². The number of halogens is 3. The highest BCUT2D eigenvalue weighted by atomic mass is 19.2. The van der Waals surface area contributed by atoms with Gasteiger partial charge in [0, 0.05) is 13.6 Å². The Kier molecular flexibility index (Phi) is 7.04. The molecule has 0 heterocycles. The molecule has 0 aliphatic rings. The molecule has 3 N–H and O–H groups in total. The second kappa shape index (κ2) is 9.46. The Morgan fingerprint density at radius 3 is 2.59 bits per heavy atom. The number of hydrogen-bond acceptors (Lipinski definition) is 3. The molecule has 0 spiro atoms. The molecule has 0 unspecified atom stereocenters. The molecule has 0 radical (unpaired) electrons. The molecular weight excluding hydrogens is 361 g/mol. The highest BCUT2D eigenvalue weighted by molar-refractivity contribution is 5.95. The van der Waals surface area contributed by atoms with E-state index in [9.17, 15) is 18.0 Å². The first-order valence-electron chi connectivity index (χ1n) is 7.95. The minimum absolute atomic E-state index is 0.254. The van der Waals surface area contributed by atoms with Crippen LogP contribution in [-0.2, 0) is 11.3 Å². The molecule has 2 rings (SSSR count). The Morgan fingerprint density at radius 1 is 1.11 bits per heavy atom. The summed E-state index contributed by atoms with van der Waals surface area (Å²) in [7, 11) is 3.09. The van der Waals surface area contributed by atoms with Gasteiger partial charge >= 0.3 is 0 Å². The van der Waals surface area contributed by atoms with E-state index in [0.29, 0.717) is 18.3 Å². The molecule has 9 heteroatoms. The molecule has 2 aromatic rings. The molecular formula is C18H19F3N4O2. The van der Waals surface area contributed by atoms with Crippen LogP contribution in [0.1, 0.15) is 5.56 Å². The SMILES string of the molecule is CN=C(NCC(=O)Nc1ccc(F)c(F)c1F)NCc1cccc(OC)c1. The summed E-state index contributed by atoms with van der Waals surface area (Å²) in [6.07, 6.45) is 0. The van der Waals surface area contributed by atoms with E-state index in [1.54, 1.807) is 7.11 Å². The predicted octanol–water partition coefficient (Wildman–Crippen LogP) is 2.42. The maximum Gasteiger partial charge on any atom is 0.243 e. The van der Waals surface area contributed by atoms with Crippen molar-refractivity contribution in [3.8, 4) is 5.75 Å². The summed E-state index contributed by atoms with van der Waals surface area (Å²) in [5, 5.41) is 7.91. The van der Waals surface area contributed by atoms with Gasteiger partial charge < -0.3 is 20.7 Å². The maximum absolute atomic E-state index is 13.6. The molecule has 1 amide bonds. The molecule has 0 fully saturated rings. The number of hydrogen-bond donors (Lipinski definition) is 3. The summed E-state index contributed by atoms with van der Waals surface area (Å²) < 4.78 is 44.8. The molecule has 0 atom stereocenters. The molecule has 0 bridgehead atoms. The molecule has 144 valence electrons. The third kappa shape index (κ3) is 5.63. The van der Waals surface area contributed by atoms with Crippen molar-refractivity contribution in [1.82, 2.24) is 10.6 Å². The molecule has 27 heavy (non-hydrogen) atoms. The van der Waals surface area contributed by atoms with Crippen molar-refractivity contribution in [2.24, 2.45) is 4.99 Å². The van der Waals surface area contributed by atoms with Crippen LogP contribution in [-0.4, -0.2) is 32.6 Å². The van der Waals surface area contributed by atoms with Gasteiger partial charge in [-0.2, -0.15) is 0 Å². The zero-order valence-electron chi connectivity index (χ0n) is 14.8. The fourth-order valence-corrected chi connectivity index (χ4v) is 2.17. The fraction of sp³-hybridized carbons (Fsp3) is 0.222. The Bertz CT molecular complexity index is 843. The summed E-state index contributed by atoms with van der Waals surface area (Å²) in [6.45, 7) is 0.173. The quantitative estimate of drug-likeness (QED) is 0.409. The van der Waals surface area contributed by atoms with Crippen LogP contribution in [0.2, 0.25) is 0 Å². The number of aliphatic imine (C=N–C) groups is 1. The predicted molar refractivity (Wildman–Crippen MR) is 96.1 cm³/mol. The molecule has 2 aromatic carbocycles. The van der Waals surface area contributed by atoms with Crippen LogP contribution in [0.3, 0.4) is 0 Å². The van der Waals surface area contributed by atoms with Gasteiger partial charge in [-0.3, -0.25) is 9.79 Å². The smallest absolute Gasteiger partial charge is 0.243 e. The van der Waals surface area contributed by atoms with Crippen LogP contribution in [0, 0.1) is 17.5 Å². The van der Waals surface area contributed by atoms with Crippen LogP contribution < -0.4 is 20.7 Å². The van der Waals surface area contributed by atoms with E-state index in [0.717, 1.165) is 17.7 Å². The average Bonchev–Trinajstić information content (AvgIpc) is 2.68. The molecule has 0 aliphatic carbocycles. The zero-order chi connectivity index (χ0) is 19.8. The minimum Gasteiger partial charge on any atom is -0.497 e. The number of carbonyl (C=O) groups is 1. The van der Waals surface area contributed by atoms with Gasteiger partial charge in [-0.15, -0.1) is 0 Å². The maximum atomic E-state index is 13.6. The molecule has 0 aromatic heterocycles. The van der Waals surface area contributed by atoms with Gasteiger partial charge in [0.2, 0.25) is 5.91 Å². The lowest BCUT2D eigenvalue weighted by atomic mass is 10.2. The van der Waals surface area contributed by atoms with Crippen LogP contribution >= 0.6 is 0 Å². The minimum atomic E-state index is -1.64. The molecule has 0 saturated carbocycles. The van der Waals surface area contributed by atoms with E-state index in [-0.39, 0.29) is 6.54 Å². The topological polar surface area (TPSA) is 74.8 Å². The number of amides is 1. The first-order valence-corrected chi connectivity index (χ1v) is 7.95. The molecule has 0 aliphatic heterocycles. The summed E-state index contributed by atoms with van der Waals surface area (Å²) in [5.41, 5.74) is 0.491. The first kappa shape index (κ1) is 20.1. The van der Waals surface area contributed by atoms with Crippen LogP contribution in [0.5, 0.6) is 5.75 Å². The largest absolute Gasteiger partial charge is 0.497 e.